The molecule has 1 fully saturated rings. The van der Waals surface area contributed by atoms with E-state index in [1.165, 1.54) is 25.7 Å². The largest absolute Gasteiger partial charge is 0.334 e. The van der Waals surface area contributed by atoms with Gasteiger partial charge in [-0.3, -0.25) is 9.98 Å². The molecule has 2 heterocycles. The molecule has 4 heteroatoms. The first-order valence-corrected chi connectivity index (χ1v) is 7.64. The van der Waals surface area contributed by atoms with Crippen molar-refractivity contribution in [3.05, 3.63) is 24.5 Å². The molecule has 1 aliphatic heterocycles. The summed E-state index contributed by atoms with van der Waals surface area (Å²) in [5.41, 5.74) is 1.25. The van der Waals surface area contributed by atoms with E-state index in [1.807, 2.05) is 30.1 Å². The Morgan fingerprint density at radius 3 is 3.22 bits per heavy atom. The molecule has 2 unspecified atom stereocenters. The Morgan fingerprint density at radius 2 is 2.44 bits per heavy atom. The summed E-state index contributed by atoms with van der Waals surface area (Å²) in [5, 5.41) is 4.44. The second kappa shape index (κ2) is 4.92. The zero-order valence-corrected chi connectivity index (χ0v) is 11.5. The highest BCUT2D eigenvalue weighted by Gasteiger charge is 2.39. The lowest BCUT2D eigenvalue weighted by Gasteiger charge is -2.33. The van der Waals surface area contributed by atoms with Crippen molar-refractivity contribution < 1.29 is 0 Å². The van der Waals surface area contributed by atoms with Gasteiger partial charge in [0.05, 0.1) is 17.4 Å². The Morgan fingerprint density at radius 1 is 1.50 bits per heavy atom. The summed E-state index contributed by atoms with van der Waals surface area (Å²) in [7, 11) is 0. The summed E-state index contributed by atoms with van der Waals surface area (Å²) in [6.45, 7) is 2.35. The third-order valence-electron chi connectivity index (χ3n) is 3.80. The van der Waals surface area contributed by atoms with Crippen molar-refractivity contribution in [1.29, 1.82) is 0 Å². The fourth-order valence-corrected chi connectivity index (χ4v) is 4.15. The van der Waals surface area contributed by atoms with E-state index in [0.717, 1.165) is 22.5 Å². The van der Waals surface area contributed by atoms with Crippen LogP contribution in [0.2, 0.25) is 0 Å². The lowest BCUT2D eigenvalue weighted by Crippen LogP contribution is -2.33. The van der Waals surface area contributed by atoms with Crippen LogP contribution in [0.4, 0.5) is 5.69 Å². The number of nitrogens with zero attached hydrogens (tertiary/aromatic N) is 2. The van der Waals surface area contributed by atoms with Crippen molar-refractivity contribution in [2.75, 3.05) is 11.1 Å². The number of nitrogens with one attached hydrogen (secondary N) is 1. The molecule has 18 heavy (non-hydrogen) atoms. The summed E-state index contributed by atoms with van der Waals surface area (Å²) < 4.78 is 0. The first kappa shape index (κ1) is 12.0. The smallest absolute Gasteiger partial charge is 0.161 e. The molecule has 1 aliphatic carbocycles. The van der Waals surface area contributed by atoms with Crippen LogP contribution >= 0.6 is 11.8 Å². The van der Waals surface area contributed by atoms with E-state index >= 15 is 0 Å². The normalized spacial score (nSPS) is 31.4. The lowest BCUT2D eigenvalue weighted by atomic mass is 9.78. The standard InChI is InChI=1S/C14H19N3S/c1-11-4-2-6-14(8-11)10-18-13(17-14)16-12-5-3-7-15-9-12/h3,5,7,9,11H,2,4,6,8,10H2,1H3,(H,16,17). The number of pyridine rings is 1. The van der Waals surface area contributed by atoms with Crippen LogP contribution in [0.3, 0.4) is 0 Å². The molecule has 1 spiro atoms. The molecule has 1 aromatic heterocycles. The van der Waals surface area contributed by atoms with E-state index in [-0.39, 0.29) is 5.54 Å². The average molecular weight is 261 g/mol. The number of amidine groups is 1. The topological polar surface area (TPSA) is 37.3 Å². The lowest BCUT2D eigenvalue weighted by molar-refractivity contribution is 0.266. The second-order valence-corrected chi connectivity index (χ2v) is 6.46. The van der Waals surface area contributed by atoms with Gasteiger partial charge in [0.25, 0.3) is 0 Å². The van der Waals surface area contributed by atoms with Crippen LogP contribution in [0.1, 0.15) is 32.6 Å². The zero-order chi connectivity index (χ0) is 12.4. The minimum absolute atomic E-state index is 0.215. The highest BCUT2D eigenvalue weighted by molar-refractivity contribution is 8.14. The molecule has 0 saturated heterocycles. The molecule has 1 aromatic rings. The SMILES string of the molecule is CC1CCCC2(CSC(Nc3cccnc3)=N2)C1. The third-order valence-corrected chi connectivity index (χ3v) is 4.95. The first-order valence-electron chi connectivity index (χ1n) is 6.65. The van der Waals surface area contributed by atoms with Gasteiger partial charge in [0.1, 0.15) is 0 Å². The number of anilines is 1. The molecule has 0 bridgehead atoms. The van der Waals surface area contributed by atoms with Crippen molar-refractivity contribution in [2.45, 2.75) is 38.1 Å². The van der Waals surface area contributed by atoms with Gasteiger partial charge in [-0.2, -0.15) is 0 Å². The minimum atomic E-state index is 0.215. The van der Waals surface area contributed by atoms with Crippen LogP contribution in [0.15, 0.2) is 29.5 Å². The molecule has 1 saturated carbocycles. The van der Waals surface area contributed by atoms with Crippen LogP contribution in [0, 0.1) is 5.92 Å². The van der Waals surface area contributed by atoms with Crippen molar-refractivity contribution in [2.24, 2.45) is 10.9 Å². The van der Waals surface area contributed by atoms with Gasteiger partial charge in [-0.05, 0) is 30.9 Å². The van der Waals surface area contributed by atoms with Crippen molar-refractivity contribution in [3.8, 4) is 0 Å². The van der Waals surface area contributed by atoms with Gasteiger partial charge < -0.3 is 5.32 Å². The molecule has 96 valence electrons. The van der Waals surface area contributed by atoms with E-state index in [0.29, 0.717) is 0 Å². The monoisotopic (exact) mass is 261 g/mol. The maximum absolute atomic E-state index is 4.97. The van der Waals surface area contributed by atoms with Crippen LogP contribution in [0.5, 0.6) is 0 Å². The van der Waals surface area contributed by atoms with Gasteiger partial charge in [0.15, 0.2) is 5.17 Å². The quantitative estimate of drug-likeness (QED) is 0.840. The third kappa shape index (κ3) is 2.53. The van der Waals surface area contributed by atoms with Gasteiger partial charge >= 0.3 is 0 Å². The molecule has 0 aromatic carbocycles. The highest BCUT2D eigenvalue weighted by Crippen LogP contribution is 2.42. The Kier molecular flexibility index (Phi) is 3.29. The van der Waals surface area contributed by atoms with Gasteiger partial charge in [-0.15, -0.1) is 0 Å². The molecule has 0 radical (unpaired) electrons. The summed E-state index contributed by atoms with van der Waals surface area (Å²) >= 11 is 1.86. The second-order valence-electron chi connectivity index (χ2n) is 5.50. The number of aliphatic imine (C=N–C) groups is 1. The fourth-order valence-electron chi connectivity index (χ4n) is 2.97. The van der Waals surface area contributed by atoms with E-state index < -0.39 is 0 Å². The summed E-state index contributed by atoms with van der Waals surface area (Å²) in [4.78, 5) is 9.08. The maximum Gasteiger partial charge on any atom is 0.161 e. The van der Waals surface area contributed by atoms with Crippen molar-refractivity contribution >= 4 is 22.6 Å². The highest BCUT2D eigenvalue weighted by atomic mass is 32.2. The molecule has 3 rings (SSSR count). The zero-order valence-electron chi connectivity index (χ0n) is 10.7. The maximum atomic E-state index is 4.97. The Hall–Kier alpha value is -1.03. The predicted octanol–water partition coefficient (Wildman–Crippen LogP) is 3.55. The minimum Gasteiger partial charge on any atom is -0.334 e. The van der Waals surface area contributed by atoms with Crippen LogP contribution in [0.25, 0.3) is 0 Å². The van der Waals surface area contributed by atoms with Crippen molar-refractivity contribution in [3.63, 3.8) is 0 Å². The molecule has 0 amide bonds. The Bertz CT molecular complexity index is 446. The van der Waals surface area contributed by atoms with E-state index in [4.69, 9.17) is 4.99 Å². The molecule has 3 nitrogen and oxygen atoms in total. The molecule has 2 aliphatic rings. The van der Waals surface area contributed by atoms with Gasteiger partial charge in [0, 0.05) is 11.9 Å². The van der Waals surface area contributed by atoms with Gasteiger partial charge in [-0.25, -0.2) is 0 Å². The summed E-state index contributed by atoms with van der Waals surface area (Å²) in [5.74, 6) is 1.96. The molecular weight excluding hydrogens is 242 g/mol. The van der Waals surface area contributed by atoms with Crippen LogP contribution < -0.4 is 5.32 Å². The first-order chi connectivity index (χ1) is 8.76. The van der Waals surface area contributed by atoms with Gasteiger partial charge in [-0.1, -0.05) is 31.5 Å². The number of thioether (sulfide) groups is 1. The van der Waals surface area contributed by atoms with E-state index in [9.17, 15) is 0 Å². The fraction of sp³-hybridized carbons (Fsp3) is 0.571. The molecule has 1 N–H and O–H groups in total. The van der Waals surface area contributed by atoms with E-state index in [2.05, 4.69) is 17.2 Å². The Balaban J connectivity index is 1.71. The Labute approximate surface area is 112 Å². The number of rotatable bonds is 1. The predicted molar refractivity (Wildman–Crippen MR) is 78.1 cm³/mol. The summed E-state index contributed by atoms with van der Waals surface area (Å²) in [6.07, 6.45) is 8.83. The number of aromatic nitrogens is 1. The van der Waals surface area contributed by atoms with E-state index in [1.54, 1.807) is 6.20 Å². The van der Waals surface area contributed by atoms with Crippen LogP contribution in [-0.2, 0) is 0 Å². The molecule has 2 atom stereocenters. The molecular formula is C14H19N3S. The number of hydrogen-bond acceptors (Lipinski definition) is 4. The van der Waals surface area contributed by atoms with Crippen molar-refractivity contribution in [1.82, 2.24) is 4.98 Å². The summed E-state index contributed by atoms with van der Waals surface area (Å²) in [6, 6.07) is 3.98. The van der Waals surface area contributed by atoms with Crippen LogP contribution in [-0.4, -0.2) is 21.4 Å². The van der Waals surface area contributed by atoms with Gasteiger partial charge in [0.2, 0.25) is 0 Å². The number of hydrogen-bond donors (Lipinski definition) is 1. The average Bonchev–Trinajstić information content (AvgIpc) is 2.73.